The van der Waals surface area contributed by atoms with Crippen molar-refractivity contribution in [1.29, 1.82) is 0 Å². The Morgan fingerprint density at radius 2 is 2.23 bits per heavy atom. The van der Waals surface area contributed by atoms with Crippen molar-refractivity contribution in [2.75, 3.05) is 26.2 Å². The summed E-state index contributed by atoms with van der Waals surface area (Å²) in [6, 6.07) is 0. The Morgan fingerprint density at radius 1 is 1.42 bits per heavy atom. The van der Waals surface area contributed by atoms with E-state index in [2.05, 4.69) is 34.3 Å². The zero-order valence-electron chi connectivity index (χ0n) is 16.5. The second-order valence-corrected chi connectivity index (χ2v) is 7.71. The molecule has 8 heteroatoms. The van der Waals surface area contributed by atoms with Crippen LogP contribution in [-0.4, -0.2) is 58.0 Å². The van der Waals surface area contributed by atoms with Gasteiger partial charge in [0.15, 0.2) is 11.8 Å². The normalized spacial score (nSPS) is 26.2. The van der Waals surface area contributed by atoms with E-state index in [1.165, 1.54) is 12.8 Å². The van der Waals surface area contributed by atoms with Crippen molar-refractivity contribution in [3.05, 3.63) is 11.6 Å². The quantitative estimate of drug-likeness (QED) is 0.402. The Bertz CT molecular complexity index is 613. The van der Waals surface area contributed by atoms with Crippen LogP contribution in [0.25, 0.3) is 0 Å². The topological polar surface area (TPSA) is 67.6 Å². The van der Waals surface area contributed by atoms with Crippen molar-refractivity contribution in [1.82, 2.24) is 25.0 Å². The maximum Gasteiger partial charge on any atom is 0.194 e. The average molecular weight is 476 g/mol. The Balaban J connectivity index is 0.00000243. The summed E-state index contributed by atoms with van der Waals surface area (Å²) in [7, 11) is 1.99. The van der Waals surface area contributed by atoms with Gasteiger partial charge in [-0.25, -0.2) is 4.99 Å². The summed E-state index contributed by atoms with van der Waals surface area (Å²) in [6.07, 6.45) is 5.02. The van der Waals surface area contributed by atoms with E-state index in [-0.39, 0.29) is 24.0 Å². The smallest absolute Gasteiger partial charge is 0.194 e. The summed E-state index contributed by atoms with van der Waals surface area (Å²) in [4.78, 5) is 7.25. The lowest BCUT2D eigenvalue weighted by Gasteiger charge is -2.26. The predicted octanol–water partition coefficient (Wildman–Crippen LogP) is 2.49. The van der Waals surface area contributed by atoms with Gasteiger partial charge < -0.3 is 19.5 Å². The van der Waals surface area contributed by atoms with Gasteiger partial charge in [-0.1, -0.05) is 13.8 Å². The number of likely N-dealkylation sites (tertiary alicyclic amines) is 1. The number of ether oxygens (including phenoxy) is 1. The number of rotatable bonds is 5. The first-order chi connectivity index (χ1) is 12.0. The van der Waals surface area contributed by atoms with Gasteiger partial charge in [-0.15, -0.1) is 34.2 Å². The van der Waals surface area contributed by atoms with E-state index >= 15 is 0 Å². The van der Waals surface area contributed by atoms with Gasteiger partial charge in [0.2, 0.25) is 0 Å². The number of hydrogen-bond donors (Lipinski definition) is 1. The van der Waals surface area contributed by atoms with Crippen molar-refractivity contribution in [2.24, 2.45) is 17.5 Å². The number of guanidine groups is 1. The zero-order valence-corrected chi connectivity index (χ0v) is 18.8. The van der Waals surface area contributed by atoms with Crippen LogP contribution in [0.15, 0.2) is 4.99 Å². The molecule has 1 aromatic heterocycles. The summed E-state index contributed by atoms with van der Waals surface area (Å²) in [5.74, 6) is 2.79. The van der Waals surface area contributed by atoms with Gasteiger partial charge in [0, 0.05) is 33.3 Å². The lowest BCUT2D eigenvalue weighted by molar-refractivity contribution is 0.113. The van der Waals surface area contributed by atoms with E-state index in [0.29, 0.717) is 18.1 Å². The molecule has 3 heterocycles. The fourth-order valence-electron chi connectivity index (χ4n) is 3.51. The SMILES string of the molecule is CCC1(C)CCN(C(=NCc2nnc(C)n2C)NCC2CCCO2)C1.I. The molecule has 0 radical (unpaired) electrons. The fourth-order valence-corrected chi connectivity index (χ4v) is 3.51. The number of aliphatic imine (C=N–C) groups is 1. The monoisotopic (exact) mass is 476 g/mol. The van der Waals surface area contributed by atoms with Crippen LogP contribution in [-0.2, 0) is 18.3 Å². The van der Waals surface area contributed by atoms with Crippen molar-refractivity contribution >= 4 is 29.9 Å². The van der Waals surface area contributed by atoms with Crippen molar-refractivity contribution < 1.29 is 4.74 Å². The summed E-state index contributed by atoms with van der Waals surface area (Å²) in [5, 5.41) is 11.9. The highest BCUT2D eigenvalue weighted by atomic mass is 127. The van der Waals surface area contributed by atoms with Crippen LogP contribution in [0.5, 0.6) is 0 Å². The molecule has 0 saturated carbocycles. The molecule has 2 atom stereocenters. The van der Waals surface area contributed by atoms with Crippen LogP contribution in [0.3, 0.4) is 0 Å². The number of aromatic nitrogens is 3. The van der Waals surface area contributed by atoms with Crippen LogP contribution >= 0.6 is 24.0 Å². The average Bonchev–Trinajstić information content (AvgIpc) is 3.33. The van der Waals surface area contributed by atoms with Gasteiger partial charge in [-0.3, -0.25) is 0 Å². The minimum absolute atomic E-state index is 0. The molecule has 0 aromatic carbocycles. The maximum atomic E-state index is 5.75. The second kappa shape index (κ2) is 9.34. The summed E-state index contributed by atoms with van der Waals surface area (Å²) in [5.41, 5.74) is 0.383. The molecule has 2 saturated heterocycles. The highest BCUT2D eigenvalue weighted by molar-refractivity contribution is 14.0. The fraction of sp³-hybridized carbons (Fsp3) is 0.833. The summed E-state index contributed by atoms with van der Waals surface area (Å²) < 4.78 is 7.75. The molecule has 3 rings (SSSR count). The number of nitrogens with zero attached hydrogens (tertiary/aromatic N) is 5. The van der Waals surface area contributed by atoms with Crippen LogP contribution in [0.4, 0.5) is 0 Å². The lowest BCUT2D eigenvalue weighted by Crippen LogP contribution is -2.43. The maximum absolute atomic E-state index is 5.75. The molecule has 0 spiro atoms. The minimum Gasteiger partial charge on any atom is -0.376 e. The molecule has 2 aliphatic rings. The molecule has 2 aliphatic heterocycles. The van der Waals surface area contributed by atoms with Gasteiger partial charge >= 0.3 is 0 Å². The Morgan fingerprint density at radius 3 is 2.81 bits per heavy atom. The highest BCUT2D eigenvalue weighted by Gasteiger charge is 2.34. The van der Waals surface area contributed by atoms with Gasteiger partial charge in [0.05, 0.1) is 6.10 Å². The summed E-state index contributed by atoms with van der Waals surface area (Å²) in [6.45, 7) is 11.0. The van der Waals surface area contributed by atoms with Crippen molar-refractivity contribution in [3.8, 4) is 0 Å². The van der Waals surface area contributed by atoms with E-state index in [1.54, 1.807) is 0 Å². The van der Waals surface area contributed by atoms with Crippen LogP contribution in [0, 0.1) is 12.3 Å². The summed E-state index contributed by atoms with van der Waals surface area (Å²) >= 11 is 0. The molecule has 2 fully saturated rings. The van der Waals surface area contributed by atoms with Gasteiger partial charge in [0.1, 0.15) is 12.4 Å². The molecule has 0 bridgehead atoms. The van der Waals surface area contributed by atoms with E-state index < -0.39 is 0 Å². The van der Waals surface area contributed by atoms with E-state index in [9.17, 15) is 0 Å². The molecular weight excluding hydrogens is 443 g/mol. The molecule has 2 unspecified atom stereocenters. The van der Waals surface area contributed by atoms with Gasteiger partial charge in [0.25, 0.3) is 0 Å². The minimum atomic E-state index is 0. The van der Waals surface area contributed by atoms with Gasteiger partial charge in [-0.2, -0.15) is 0 Å². The number of halogens is 1. The predicted molar refractivity (Wildman–Crippen MR) is 114 cm³/mol. The number of nitrogens with one attached hydrogen (secondary N) is 1. The molecule has 26 heavy (non-hydrogen) atoms. The molecular formula is C18H33IN6O. The Kier molecular flexibility index (Phi) is 7.69. The van der Waals surface area contributed by atoms with Gasteiger partial charge in [-0.05, 0) is 38.0 Å². The molecule has 1 N–H and O–H groups in total. The third-order valence-electron chi connectivity index (χ3n) is 5.78. The highest BCUT2D eigenvalue weighted by Crippen LogP contribution is 2.33. The van der Waals surface area contributed by atoms with Crippen molar-refractivity contribution in [3.63, 3.8) is 0 Å². The molecule has 0 amide bonds. The first-order valence-electron chi connectivity index (χ1n) is 9.50. The number of aryl methyl sites for hydroxylation is 1. The standard InChI is InChI=1S/C18H32N6O.HI/c1-5-18(3)8-9-24(13-18)17(19-11-15-7-6-10-25-15)20-12-16-22-21-14(2)23(16)4;/h15H,5-13H2,1-4H3,(H,19,20);1H. The first-order valence-corrected chi connectivity index (χ1v) is 9.50. The zero-order chi connectivity index (χ0) is 17.9. The Hall–Kier alpha value is -0.900. The van der Waals surface area contributed by atoms with Crippen molar-refractivity contribution in [2.45, 2.75) is 59.1 Å². The lowest BCUT2D eigenvalue weighted by atomic mass is 9.87. The largest absolute Gasteiger partial charge is 0.376 e. The molecule has 1 aromatic rings. The molecule has 148 valence electrons. The van der Waals surface area contributed by atoms with Crippen LogP contribution < -0.4 is 5.32 Å². The van der Waals surface area contributed by atoms with E-state index in [4.69, 9.17) is 9.73 Å². The molecule has 0 aliphatic carbocycles. The van der Waals surface area contributed by atoms with Crippen LogP contribution in [0.1, 0.15) is 51.2 Å². The molecule has 7 nitrogen and oxygen atoms in total. The third-order valence-corrected chi connectivity index (χ3v) is 5.78. The van der Waals surface area contributed by atoms with E-state index in [0.717, 1.165) is 56.7 Å². The Labute approximate surface area is 174 Å². The second-order valence-electron chi connectivity index (χ2n) is 7.71. The van der Waals surface area contributed by atoms with Crippen LogP contribution in [0.2, 0.25) is 0 Å². The van der Waals surface area contributed by atoms with E-state index in [1.807, 2.05) is 18.5 Å². The first kappa shape index (κ1) is 21.4. The number of hydrogen-bond acceptors (Lipinski definition) is 4. The third kappa shape index (κ3) is 5.09.